The molecule has 2 saturated heterocycles. The molecule has 1 aromatic carbocycles. The molecule has 2 aliphatic rings. The van der Waals surface area contributed by atoms with E-state index in [-0.39, 0.29) is 24.2 Å². The number of aliphatic hydroxyl groups is 1. The van der Waals surface area contributed by atoms with Crippen molar-refractivity contribution in [2.75, 3.05) is 24.6 Å². The molecule has 3 aromatic rings. The molecule has 0 saturated carbocycles. The minimum absolute atomic E-state index is 0.0489. The van der Waals surface area contributed by atoms with Gasteiger partial charge in [0.25, 0.3) is 0 Å². The number of piperidine rings is 1. The number of aryl methyl sites for hydroxylation is 3. The van der Waals surface area contributed by atoms with Crippen molar-refractivity contribution in [3.63, 3.8) is 0 Å². The number of fused-ring (bicyclic) bond motifs is 1. The quantitative estimate of drug-likeness (QED) is 0.650. The van der Waals surface area contributed by atoms with Gasteiger partial charge in [-0.15, -0.1) is 0 Å². The van der Waals surface area contributed by atoms with Crippen LogP contribution in [0.15, 0.2) is 18.3 Å². The van der Waals surface area contributed by atoms with Crippen molar-refractivity contribution >= 4 is 16.7 Å². The second-order valence-corrected chi connectivity index (χ2v) is 9.47. The third-order valence-corrected chi connectivity index (χ3v) is 7.52. The Morgan fingerprint density at radius 1 is 1.22 bits per heavy atom. The van der Waals surface area contributed by atoms with Gasteiger partial charge < -0.3 is 20.5 Å². The van der Waals surface area contributed by atoms with Crippen LogP contribution < -0.4 is 10.6 Å². The molecule has 2 aliphatic heterocycles. The molecule has 8 nitrogen and oxygen atoms in total. The first-order valence-corrected chi connectivity index (χ1v) is 11.4. The van der Waals surface area contributed by atoms with Gasteiger partial charge in [0.15, 0.2) is 5.82 Å². The Morgan fingerprint density at radius 3 is 2.62 bits per heavy atom. The van der Waals surface area contributed by atoms with Gasteiger partial charge in [-0.3, -0.25) is 4.68 Å². The number of anilines is 1. The van der Waals surface area contributed by atoms with Gasteiger partial charge in [0.05, 0.1) is 42.4 Å². The maximum atomic E-state index is 10.2. The van der Waals surface area contributed by atoms with Crippen LogP contribution in [-0.2, 0) is 18.4 Å². The van der Waals surface area contributed by atoms with Gasteiger partial charge in [-0.2, -0.15) is 5.10 Å². The van der Waals surface area contributed by atoms with E-state index in [1.54, 1.807) is 0 Å². The first kappa shape index (κ1) is 21.3. The van der Waals surface area contributed by atoms with Crippen LogP contribution in [0.1, 0.15) is 36.7 Å². The molecule has 4 heterocycles. The van der Waals surface area contributed by atoms with E-state index in [1.807, 2.05) is 24.9 Å². The third kappa shape index (κ3) is 3.29. The highest BCUT2D eigenvalue weighted by molar-refractivity contribution is 5.86. The SMILES string of the molecule is Cc1cc2cnn(C)c2cc1-c1nc(CO)c(N2CCC3(CC2)CO[C@@H](C)[C@H]3N)nc1C. The molecule has 1 spiro atoms. The molecule has 2 fully saturated rings. The molecule has 0 unspecified atom stereocenters. The Hall–Kier alpha value is -2.55. The van der Waals surface area contributed by atoms with Crippen molar-refractivity contribution in [1.82, 2.24) is 19.7 Å². The molecule has 5 rings (SSSR count). The monoisotopic (exact) mass is 436 g/mol. The first-order chi connectivity index (χ1) is 15.3. The lowest BCUT2D eigenvalue weighted by molar-refractivity contribution is 0.0973. The average Bonchev–Trinajstić information content (AvgIpc) is 3.28. The predicted molar refractivity (Wildman–Crippen MR) is 124 cm³/mol. The average molecular weight is 437 g/mol. The predicted octanol–water partition coefficient (Wildman–Crippen LogP) is 2.47. The highest BCUT2D eigenvalue weighted by Gasteiger charge is 2.47. The molecular formula is C24H32N6O2. The van der Waals surface area contributed by atoms with Crippen LogP contribution in [0.5, 0.6) is 0 Å². The molecule has 3 N–H and O–H groups in total. The Balaban J connectivity index is 1.47. The molecule has 2 atom stereocenters. The molecule has 0 radical (unpaired) electrons. The van der Waals surface area contributed by atoms with E-state index in [0.29, 0.717) is 5.69 Å². The number of aromatic nitrogens is 4. The van der Waals surface area contributed by atoms with Crippen LogP contribution in [0.3, 0.4) is 0 Å². The van der Waals surface area contributed by atoms with Crippen LogP contribution in [0.4, 0.5) is 5.82 Å². The number of hydrogen-bond acceptors (Lipinski definition) is 7. The lowest BCUT2D eigenvalue weighted by Crippen LogP contribution is -2.51. The Morgan fingerprint density at radius 2 is 1.97 bits per heavy atom. The van der Waals surface area contributed by atoms with E-state index in [4.69, 9.17) is 20.4 Å². The van der Waals surface area contributed by atoms with E-state index < -0.39 is 0 Å². The zero-order valence-corrected chi connectivity index (χ0v) is 19.3. The van der Waals surface area contributed by atoms with E-state index in [0.717, 1.165) is 71.8 Å². The van der Waals surface area contributed by atoms with Gasteiger partial charge in [-0.1, -0.05) is 0 Å². The van der Waals surface area contributed by atoms with Crippen LogP contribution in [-0.4, -0.2) is 56.7 Å². The molecule has 0 bridgehead atoms. The largest absolute Gasteiger partial charge is 0.390 e. The second kappa shape index (κ2) is 7.79. The minimum Gasteiger partial charge on any atom is -0.390 e. The van der Waals surface area contributed by atoms with Crippen molar-refractivity contribution in [3.8, 4) is 11.3 Å². The molecule has 8 heteroatoms. The van der Waals surface area contributed by atoms with Crippen molar-refractivity contribution in [1.29, 1.82) is 0 Å². The zero-order valence-electron chi connectivity index (χ0n) is 19.3. The number of nitrogens with zero attached hydrogens (tertiary/aromatic N) is 5. The summed E-state index contributed by atoms with van der Waals surface area (Å²) in [5.74, 6) is 0.781. The lowest BCUT2D eigenvalue weighted by Gasteiger charge is -2.42. The van der Waals surface area contributed by atoms with Crippen molar-refractivity contribution in [2.45, 2.75) is 52.4 Å². The third-order valence-electron chi connectivity index (χ3n) is 7.52. The summed E-state index contributed by atoms with van der Waals surface area (Å²) in [6, 6.07) is 4.31. The van der Waals surface area contributed by atoms with E-state index in [2.05, 4.69) is 36.0 Å². The maximum absolute atomic E-state index is 10.2. The fourth-order valence-corrected chi connectivity index (χ4v) is 5.36. The lowest BCUT2D eigenvalue weighted by atomic mass is 9.73. The summed E-state index contributed by atoms with van der Waals surface area (Å²) in [4.78, 5) is 12.1. The van der Waals surface area contributed by atoms with E-state index in [1.165, 1.54) is 0 Å². The number of nitrogens with two attached hydrogens (primary N) is 1. The van der Waals surface area contributed by atoms with Gasteiger partial charge >= 0.3 is 0 Å². The topological polar surface area (TPSA) is 102 Å². The number of ether oxygens (including phenoxy) is 1. The fraction of sp³-hybridized carbons (Fsp3) is 0.542. The van der Waals surface area contributed by atoms with Gasteiger partial charge in [-0.25, -0.2) is 9.97 Å². The summed E-state index contributed by atoms with van der Waals surface area (Å²) in [6.07, 6.45) is 3.90. The zero-order chi connectivity index (χ0) is 22.6. The number of benzene rings is 1. The molecule has 170 valence electrons. The maximum Gasteiger partial charge on any atom is 0.153 e. The summed E-state index contributed by atoms with van der Waals surface area (Å²) in [5.41, 5.74) is 12.0. The van der Waals surface area contributed by atoms with Crippen LogP contribution in [0, 0.1) is 19.3 Å². The van der Waals surface area contributed by atoms with E-state index in [9.17, 15) is 5.11 Å². The van der Waals surface area contributed by atoms with Gasteiger partial charge in [0, 0.05) is 42.5 Å². The molecule has 2 aromatic heterocycles. The summed E-state index contributed by atoms with van der Waals surface area (Å²) in [6.45, 7) is 8.39. The summed E-state index contributed by atoms with van der Waals surface area (Å²) >= 11 is 0. The number of hydrogen-bond donors (Lipinski definition) is 2. The van der Waals surface area contributed by atoms with Gasteiger partial charge in [-0.05, 0) is 51.3 Å². The summed E-state index contributed by atoms with van der Waals surface area (Å²) in [5, 5.41) is 15.6. The van der Waals surface area contributed by atoms with Crippen molar-refractivity contribution in [3.05, 3.63) is 35.3 Å². The summed E-state index contributed by atoms with van der Waals surface area (Å²) < 4.78 is 7.72. The molecule has 32 heavy (non-hydrogen) atoms. The fourth-order valence-electron chi connectivity index (χ4n) is 5.36. The molecule has 0 amide bonds. The van der Waals surface area contributed by atoms with Crippen molar-refractivity contribution < 1.29 is 9.84 Å². The minimum atomic E-state index is -0.149. The van der Waals surface area contributed by atoms with Gasteiger partial charge in [0.1, 0.15) is 5.69 Å². The van der Waals surface area contributed by atoms with Gasteiger partial charge in [0.2, 0.25) is 0 Å². The normalized spacial score (nSPS) is 22.9. The highest BCUT2D eigenvalue weighted by Crippen LogP contribution is 2.42. The molecule has 0 aliphatic carbocycles. The van der Waals surface area contributed by atoms with Crippen LogP contribution >= 0.6 is 0 Å². The Bertz CT molecular complexity index is 1160. The second-order valence-electron chi connectivity index (χ2n) is 9.47. The number of rotatable bonds is 3. The standard InChI is InChI=1S/C24H32N6O2/c1-14-9-17-11-26-29(4)20(17)10-18(14)21-15(2)27-23(19(12-31)28-21)30-7-5-24(6-8-30)13-32-16(3)22(24)25/h9-11,16,22,31H,5-8,12-13,25H2,1-4H3/t16-,22+/m0/s1. The first-order valence-electron chi connectivity index (χ1n) is 11.4. The Labute approximate surface area is 188 Å². The van der Waals surface area contributed by atoms with Crippen LogP contribution in [0.25, 0.3) is 22.2 Å². The summed E-state index contributed by atoms with van der Waals surface area (Å²) in [7, 11) is 1.94. The Kier molecular flexibility index (Phi) is 5.19. The van der Waals surface area contributed by atoms with Crippen molar-refractivity contribution in [2.24, 2.45) is 18.2 Å². The highest BCUT2D eigenvalue weighted by atomic mass is 16.5. The van der Waals surface area contributed by atoms with E-state index >= 15 is 0 Å². The number of aliphatic hydroxyl groups excluding tert-OH is 1. The van der Waals surface area contributed by atoms with Crippen LogP contribution in [0.2, 0.25) is 0 Å². The smallest absolute Gasteiger partial charge is 0.153 e. The molecular weight excluding hydrogens is 404 g/mol.